The quantitative estimate of drug-likeness (QED) is 0.798. The molecule has 100 valence electrons. The molecule has 4 heteroatoms. The topological polar surface area (TPSA) is 58.5 Å². The van der Waals surface area contributed by atoms with Crippen molar-refractivity contribution in [3.8, 4) is 0 Å². The van der Waals surface area contributed by atoms with Crippen LogP contribution in [0.5, 0.6) is 0 Å². The number of piperidine rings is 1. The maximum absolute atomic E-state index is 5.86. The Hall–Kier alpha value is -1.42. The molecule has 18 heavy (non-hydrogen) atoms. The van der Waals surface area contributed by atoms with Crippen LogP contribution in [0.25, 0.3) is 0 Å². The van der Waals surface area contributed by atoms with E-state index in [0.717, 1.165) is 19.0 Å². The van der Waals surface area contributed by atoms with E-state index in [1.54, 1.807) is 0 Å². The smallest absolute Gasteiger partial charge is 0.0568 e. The second kappa shape index (κ2) is 5.48. The number of rotatable bonds is 3. The molecule has 0 spiro atoms. The van der Waals surface area contributed by atoms with E-state index in [1.165, 1.54) is 25.1 Å². The van der Waals surface area contributed by atoms with Crippen LogP contribution in [0.3, 0.4) is 0 Å². The second-order valence-electron chi connectivity index (χ2n) is 5.51. The van der Waals surface area contributed by atoms with Crippen LogP contribution in [0.2, 0.25) is 0 Å². The predicted octanol–water partition coefficient (Wildman–Crippen LogP) is 1.63. The minimum atomic E-state index is 0.668. The van der Waals surface area contributed by atoms with Gasteiger partial charge in [-0.05, 0) is 51.1 Å². The Kier molecular flexibility index (Phi) is 3.97. The molecule has 1 heterocycles. The van der Waals surface area contributed by atoms with Crippen molar-refractivity contribution >= 4 is 17.1 Å². The minimum absolute atomic E-state index is 0.668. The zero-order chi connectivity index (χ0) is 13.1. The Morgan fingerprint density at radius 2 is 1.83 bits per heavy atom. The molecule has 1 aromatic carbocycles. The third kappa shape index (κ3) is 3.07. The lowest BCUT2D eigenvalue weighted by Crippen LogP contribution is -2.37. The molecule has 1 fully saturated rings. The molecular weight excluding hydrogens is 224 g/mol. The van der Waals surface area contributed by atoms with Crippen LogP contribution in [0.4, 0.5) is 17.1 Å². The van der Waals surface area contributed by atoms with Crippen molar-refractivity contribution < 1.29 is 0 Å². The fourth-order valence-corrected chi connectivity index (χ4v) is 2.65. The number of hydrogen-bond donors (Lipinski definition) is 2. The zero-order valence-corrected chi connectivity index (χ0v) is 11.4. The third-order valence-corrected chi connectivity index (χ3v) is 3.67. The summed E-state index contributed by atoms with van der Waals surface area (Å²) >= 11 is 0. The first kappa shape index (κ1) is 13.0. The first-order valence-corrected chi connectivity index (χ1v) is 6.61. The van der Waals surface area contributed by atoms with Crippen molar-refractivity contribution in [1.29, 1.82) is 0 Å². The summed E-state index contributed by atoms with van der Waals surface area (Å²) in [6.07, 6.45) is 2.50. The highest BCUT2D eigenvalue weighted by molar-refractivity contribution is 5.69. The molecule has 0 unspecified atom stereocenters. The van der Waals surface area contributed by atoms with Gasteiger partial charge in [-0.25, -0.2) is 0 Å². The Balaban J connectivity index is 1.94. The molecule has 0 atom stereocenters. The predicted molar refractivity (Wildman–Crippen MR) is 78.8 cm³/mol. The summed E-state index contributed by atoms with van der Waals surface area (Å²) in [5.74, 6) is 0.822. The lowest BCUT2D eigenvalue weighted by Gasteiger charge is -2.34. The van der Waals surface area contributed by atoms with Crippen LogP contribution < -0.4 is 16.4 Å². The van der Waals surface area contributed by atoms with Crippen molar-refractivity contribution in [3.63, 3.8) is 0 Å². The van der Waals surface area contributed by atoms with E-state index in [9.17, 15) is 0 Å². The van der Waals surface area contributed by atoms with Crippen LogP contribution in [0.15, 0.2) is 18.2 Å². The molecule has 4 N–H and O–H groups in total. The van der Waals surface area contributed by atoms with Gasteiger partial charge in [0.25, 0.3) is 0 Å². The Labute approximate surface area is 110 Å². The molecule has 0 amide bonds. The van der Waals surface area contributed by atoms with Crippen LogP contribution in [-0.2, 0) is 0 Å². The second-order valence-corrected chi connectivity index (χ2v) is 5.51. The summed E-state index contributed by atoms with van der Waals surface area (Å²) in [5.41, 5.74) is 14.2. The maximum atomic E-state index is 5.86. The molecule has 0 aromatic heterocycles. The molecule has 0 radical (unpaired) electrons. The molecule has 0 saturated carbocycles. The van der Waals surface area contributed by atoms with Gasteiger partial charge in [0.15, 0.2) is 0 Å². The highest BCUT2D eigenvalue weighted by atomic mass is 15.1. The summed E-state index contributed by atoms with van der Waals surface area (Å²) in [7, 11) is 4.29. The highest BCUT2D eigenvalue weighted by Crippen LogP contribution is 2.27. The third-order valence-electron chi connectivity index (χ3n) is 3.67. The summed E-state index contributed by atoms with van der Waals surface area (Å²) < 4.78 is 0. The first-order valence-electron chi connectivity index (χ1n) is 6.61. The summed E-state index contributed by atoms with van der Waals surface area (Å²) in [6, 6.07) is 5.95. The van der Waals surface area contributed by atoms with Crippen LogP contribution in [-0.4, -0.2) is 38.6 Å². The van der Waals surface area contributed by atoms with Crippen molar-refractivity contribution in [2.75, 3.05) is 50.1 Å². The summed E-state index contributed by atoms with van der Waals surface area (Å²) in [5, 5.41) is 0. The molecule has 1 aromatic rings. The van der Waals surface area contributed by atoms with Gasteiger partial charge in [-0.15, -0.1) is 0 Å². The number of nitrogen functional groups attached to an aromatic ring is 2. The molecule has 1 aliphatic heterocycles. The number of anilines is 3. The van der Waals surface area contributed by atoms with Gasteiger partial charge in [-0.1, -0.05) is 0 Å². The SMILES string of the molecule is CN(C)CC1CCN(c2ccc(N)c(N)c2)CC1. The van der Waals surface area contributed by atoms with E-state index in [-0.39, 0.29) is 0 Å². The van der Waals surface area contributed by atoms with Gasteiger partial charge in [-0.3, -0.25) is 0 Å². The average molecular weight is 248 g/mol. The Morgan fingerprint density at radius 3 is 2.39 bits per heavy atom. The minimum Gasteiger partial charge on any atom is -0.397 e. The lowest BCUT2D eigenvalue weighted by atomic mass is 9.96. The van der Waals surface area contributed by atoms with Crippen molar-refractivity contribution in [1.82, 2.24) is 4.90 Å². The first-order chi connectivity index (χ1) is 8.56. The summed E-state index contributed by atoms with van der Waals surface area (Å²) in [6.45, 7) is 3.42. The van der Waals surface area contributed by atoms with Crippen LogP contribution >= 0.6 is 0 Å². The van der Waals surface area contributed by atoms with Gasteiger partial charge < -0.3 is 21.3 Å². The van der Waals surface area contributed by atoms with Crippen molar-refractivity contribution in [2.24, 2.45) is 5.92 Å². The van der Waals surface area contributed by atoms with E-state index < -0.39 is 0 Å². The van der Waals surface area contributed by atoms with E-state index >= 15 is 0 Å². The molecule has 4 nitrogen and oxygen atoms in total. The number of hydrogen-bond acceptors (Lipinski definition) is 4. The fourth-order valence-electron chi connectivity index (χ4n) is 2.65. The normalized spacial score (nSPS) is 17.4. The van der Waals surface area contributed by atoms with E-state index in [0.29, 0.717) is 11.4 Å². The zero-order valence-electron chi connectivity index (χ0n) is 11.4. The van der Waals surface area contributed by atoms with Crippen molar-refractivity contribution in [3.05, 3.63) is 18.2 Å². The van der Waals surface area contributed by atoms with Gasteiger partial charge in [0, 0.05) is 25.3 Å². The van der Waals surface area contributed by atoms with Crippen LogP contribution in [0, 0.1) is 5.92 Å². The number of nitrogens with zero attached hydrogens (tertiary/aromatic N) is 2. The van der Waals surface area contributed by atoms with Gasteiger partial charge >= 0.3 is 0 Å². The maximum Gasteiger partial charge on any atom is 0.0568 e. The molecule has 2 rings (SSSR count). The van der Waals surface area contributed by atoms with Gasteiger partial charge in [-0.2, -0.15) is 0 Å². The molecular formula is C14H24N4. The van der Waals surface area contributed by atoms with Crippen LogP contribution in [0.1, 0.15) is 12.8 Å². The Bertz CT molecular complexity index is 395. The van der Waals surface area contributed by atoms with E-state index in [2.05, 4.69) is 30.0 Å². The summed E-state index contributed by atoms with van der Waals surface area (Å²) in [4.78, 5) is 4.68. The molecule has 0 aliphatic carbocycles. The standard InChI is InChI=1S/C14H24N4/c1-17(2)10-11-5-7-18(8-6-11)12-3-4-13(15)14(16)9-12/h3-4,9,11H,5-8,10,15-16H2,1-2H3. The highest BCUT2D eigenvalue weighted by Gasteiger charge is 2.20. The van der Waals surface area contributed by atoms with Gasteiger partial charge in [0.05, 0.1) is 11.4 Å². The molecule has 1 saturated heterocycles. The van der Waals surface area contributed by atoms with E-state index in [1.807, 2.05) is 12.1 Å². The van der Waals surface area contributed by atoms with E-state index in [4.69, 9.17) is 11.5 Å². The van der Waals surface area contributed by atoms with Gasteiger partial charge in [0.2, 0.25) is 0 Å². The average Bonchev–Trinajstić information content (AvgIpc) is 2.33. The van der Waals surface area contributed by atoms with Gasteiger partial charge in [0.1, 0.15) is 0 Å². The number of benzene rings is 1. The fraction of sp³-hybridized carbons (Fsp3) is 0.571. The monoisotopic (exact) mass is 248 g/mol. The number of nitrogens with two attached hydrogens (primary N) is 2. The Morgan fingerprint density at radius 1 is 1.17 bits per heavy atom. The lowest BCUT2D eigenvalue weighted by molar-refractivity contribution is 0.285. The van der Waals surface area contributed by atoms with Crippen molar-refractivity contribution in [2.45, 2.75) is 12.8 Å². The molecule has 0 bridgehead atoms. The molecule has 1 aliphatic rings. The largest absolute Gasteiger partial charge is 0.397 e.